The Hall–Kier alpha value is -1.62. The zero-order valence-corrected chi connectivity index (χ0v) is 13.4. The molecule has 2 aromatic heterocycles. The SMILES string of the molecule is CCNc1cc(NCc2cc(C)c(C)s2)nc(CC)n1. The monoisotopic (exact) mass is 290 g/mol. The smallest absolute Gasteiger partial charge is 0.132 e. The first-order chi connectivity index (χ1) is 9.62. The lowest BCUT2D eigenvalue weighted by Crippen LogP contribution is -2.07. The molecule has 0 saturated carbocycles. The van der Waals surface area contributed by atoms with Crippen molar-refractivity contribution in [3.63, 3.8) is 0 Å². The highest BCUT2D eigenvalue weighted by Gasteiger charge is 2.05. The Balaban J connectivity index is 2.09. The van der Waals surface area contributed by atoms with Gasteiger partial charge in [-0.1, -0.05) is 6.92 Å². The molecule has 0 bridgehead atoms. The van der Waals surface area contributed by atoms with Gasteiger partial charge in [0, 0.05) is 28.8 Å². The van der Waals surface area contributed by atoms with Crippen molar-refractivity contribution in [1.29, 1.82) is 0 Å². The summed E-state index contributed by atoms with van der Waals surface area (Å²) >= 11 is 1.84. The molecule has 2 heterocycles. The van der Waals surface area contributed by atoms with Gasteiger partial charge in [0.1, 0.15) is 17.5 Å². The van der Waals surface area contributed by atoms with Crippen molar-refractivity contribution in [2.24, 2.45) is 0 Å². The average Bonchev–Trinajstić information content (AvgIpc) is 2.76. The first-order valence-electron chi connectivity index (χ1n) is 7.04. The predicted octanol–water partition coefficient (Wildman–Crippen LogP) is 3.76. The molecule has 0 fully saturated rings. The fourth-order valence-electron chi connectivity index (χ4n) is 1.93. The van der Waals surface area contributed by atoms with Crippen LogP contribution < -0.4 is 10.6 Å². The Bertz CT molecular complexity index is 558. The zero-order valence-electron chi connectivity index (χ0n) is 12.6. The first kappa shape index (κ1) is 14.8. The van der Waals surface area contributed by atoms with Gasteiger partial charge < -0.3 is 10.6 Å². The van der Waals surface area contributed by atoms with E-state index in [1.54, 1.807) is 0 Å². The number of hydrogen-bond acceptors (Lipinski definition) is 5. The normalized spacial score (nSPS) is 10.6. The third-order valence-electron chi connectivity index (χ3n) is 3.11. The van der Waals surface area contributed by atoms with Crippen molar-refractivity contribution in [3.05, 3.63) is 33.3 Å². The van der Waals surface area contributed by atoms with Crippen LogP contribution in [0.2, 0.25) is 0 Å². The van der Waals surface area contributed by atoms with Gasteiger partial charge in [-0.15, -0.1) is 11.3 Å². The second kappa shape index (κ2) is 6.70. The van der Waals surface area contributed by atoms with Gasteiger partial charge >= 0.3 is 0 Å². The predicted molar refractivity (Wildman–Crippen MR) is 86.7 cm³/mol. The van der Waals surface area contributed by atoms with E-state index in [0.29, 0.717) is 0 Å². The quantitative estimate of drug-likeness (QED) is 0.850. The summed E-state index contributed by atoms with van der Waals surface area (Å²) in [6.07, 6.45) is 0.838. The molecule has 0 aromatic carbocycles. The molecule has 0 amide bonds. The van der Waals surface area contributed by atoms with Crippen LogP contribution in [0.5, 0.6) is 0 Å². The summed E-state index contributed by atoms with van der Waals surface area (Å²) in [6.45, 7) is 10.1. The fourth-order valence-corrected chi connectivity index (χ4v) is 2.93. The van der Waals surface area contributed by atoms with E-state index >= 15 is 0 Å². The number of aryl methyl sites for hydroxylation is 3. The maximum absolute atomic E-state index is 4.52. The van der Waals surface area contributed by atoms with Crippen LogP contribution >= 0.6 is 11.3 Å². The van der Waals surface area contributed by atoms with E-state index in [9.17, 15) is 0 Å². The van der Waals surface area contributed by atoms with Crippen molar-refractivity contribution >= 4 is 23.0 Å². The number of aromatic nitrogens is 2. The molecule has 0 atom stereocenters. The lowest BCUT2D eigenvalue weighted by atomic mass is 10.3. The summed E-state index contributed by atoms with van der Waals surface area (Å²) < 4.78 is 0. The molecule has 0 aliphatic heterocycles. The Morgan fingerprint density at radius 1 is 1.05 bits per heavy atom. The lowest BCUT2D eigenvalue weighted by Gasteiger charge is -2.09. The van der Waals surface area contributed by atoms with Crippen molar-refractivity contribution < 1.29 is 0 Å². The van der Waals surface area contributed by atoms with Gasteiger partial charge in [-0.3, -0.25) is 0 Å². The first-order valence-corrected chi connectivity index (χ1v) is 7.85. The number of nitrogens with one attached hydrogen (secondary N) is 2. The number of hydrogen-bond donors (Lipinski definition) is 2. The highest BCUT2D eigenvalue weighted by Crippen LogP contribution is 2.21. The van der Waals surface area contributed by atoms with Crippen molar-refractivity contribution in [2.45, 2.75) is 40.7 Å². The molecule has 5 heteroatoms. The van der Waals surface area contributed by atoms with Crippen LogP contribution in [0.3, 0.4) is 0 Å². The Morgan fingerprint density at radius 3 is 2.30 bits per heavy atom. The van der Waals surface area contributed by atoms with Crippen LogP contribution in [0.1, 0.15) is 35.0 Å². The Labute approximate surface area is 124 Å². The maximum atomic E-state index is 4.52. The van der Waals surface area contributed by atoms with E-state index < -0.39 is 0 Å². The molecule has 0 radical (unpaired) electrons. The fraction of sp³-hybridized carbons (Fsp3) is 0.467. The molecule has 0 spiro atoms. The third kappa shape index (κ3) is 3.70. The molecular formula is C15H22N4S. The van der Waals surface area contributed by atoms with E-state index in [0.717, 1.165) is 37.0 Å². The number of rotatable bonds is 6. The Morgan fingerprint density at radius 2 is 1.75 bits per heavy atom. The molecule has 4 nitrogen and oxygen atoms in total. The third-order valence-corrected chi connectivity index (χ3v) is 4.26. The topological polar surface area (TPSA) is 49.8 Å². The minimum Gasteiger partial charge on any atom is -0.370 e. The molecule has 2 rings (SSSR count). The van der Waals surface area contributed by atoms with Gasteiger partial charge in [-0.2, -0.15) is 0 Å². The molecule has 0 aliphatic carbocycles. The van der Waals surface area contributed by atoms with E-state index in [2.05, 4.69) is 54.4 Å². The zero-order chi connectivity index (χ0) is 14.5. The minimum absolute atomic E-state index is 0.811. The van der Waals surface area contributed by atoms with Crippen LogP contribution in [-0.2, 0) is 13.0 Å². The standard InChI is InChI=1S/C15H22N4S/c1-5-13-18-14(16-6-2)8-15(19-13)17-9-12-7-10(3)11(4)20-12/h7-8H,5-6,9H2,1-4H3,(H2,16,17,18,19). The molecule has 2 aromatic rings. The molecule has 0 saturated heterocycles. The highest BCUT2D eigenvalue weighted by atomic mass is 32.1. The number of nitrogens with zero attached hydrogens (tertiary/aromatic N) is 2. The average molecular weight is 290 g/mol. The molecule has 0 aliphatic rings. The van der Waals surface area contributed by atoms with E-state index in [1.807, 2.05) is 17.4 Å². The summed E-state index contributed by atoms with van der Waals surface area (Å²) in [5, 5.41) is 6.64. The minimum atomic E-state index is 0.811. The summed E-state index contributed by atoms with van der Waals surface area (Å²) in [7, 11) is 0. The summed E-state index contributed by atoms with van der Waals surface area (Å²) in [5.41, 5.74) is 1.36. The lowest BCUT2D eigenvalue weighted by molar-refractivity contribution is 0.931. The van der Waals surface area contributed by atoms with Crippen LogP contribution in [0.4, 0.5) is 11.6 Å². The Kier molecular flexibility index (Phi) is 4.95. The van der Waals surface area contributed by atoms with Crippen molar-refractivity contribution in [3.8, 4) is 0 Å². The van der Waals surface area contributed by atoms with E-state index in [4.69, 9.17) is 0 Å². The van der Waals surface area contributed by atoms with Crippen LogP contribution in [-0.4, -0.2) is 16.5 Å². The summed E-state index contributed by atoms with van der Waals surface area (Å²) in [5.74, 6) is 2.64. The van der Waals surface area contributed by atoms with Crippen LogP contribution in [0, 0.1) is 13.8 Å². The van der Waals surface area contributed by atoms with Crippen LogP contribution in [0.15, 0.2) is 12.1 Å². The summed E-state index contributed by atoms with van der Waals surface area (Å²) in [4.78, 5) is 11.7. The molecule has 108 valence electrons. The van der Waals surface area contributed by atoms with Gasteiger partial charge in [0.05, 0.1) is 6.54 Å². The van der Waals surface area contributed by atoms with E-state index in [1.165, 1.54) is 15.3 Å². The second-order valence-electron chi connectivity index (χ2n) is 4.74. The largest absolute Gasteiger partial charge is 0.370 e. The van der Waals surface area contributed by atoms with Gasteiger partial charge in [-0.25, -0.2) is 9.97 Å². The highest BCUT2D eigenvalue weighted by molar-refractivity contribution is 7.12. The maximum Gasteiger partial charge on any atom is 0.132 e. The summed E-state index contributed by atoms with van der Waals surface area (Å²) in [6, 6.07) is 4.20. The van der Waals surface area contributed by atoms with Crippen LogP contribution in [0.25, 0.3) is 0 Å². The van der Waals surface area contributed by atoms with Gasteiger partial charge in [-0.05, 0) is 32.4 Å². The molecule has 2 N–H and O–H groups in total. The van der Waals surface area contributed by atoms with Gasteiger partial charge in [0.15, 0.2) is 0 Å². The van der Waals surface area contributed by atoms with Gasteiger partial charge in [0.25, 0.3) is 0 Å². The van der Waals surface area contributed by atoms with Gasteiger partial charge in [0.2, 0.25) is 0 Å². The number of thiophene rings is 1. The second-order valence-corrected chi connectivity index (χ2v) is 6.08. The molecule has 0 unspecified atom stereocenters. The molecular weight excluding hydrogens is 268 g/mol. The number of anilines is 2. The van der Waals surface area contributed by atoms with Crippen molar-refractivity contribution in [2.75, 3.05) is 17.2 Å². The molecule has 20 heavy (non-hydrogen) atoms. The van der Waals surface area contributed by atoms with E-state index in [-0.39, 0.29) is 0 Å². The van der Waals surface area contributed by atoms with Crippen molar-refractivity contribution in [1.82, 2.24) is 9.97 Å².